The summed E-state index contributed by atoms with van der Waals surface area (Å²) in [5, 5.41) is 7.55. The number of rotatable bonds is 5. The van der Waals surface area contributed by atoms with Crippen molar-refractivity contribution in [1.29, 1.82) is 0 Å². The SMILES string of the molecule is CCS(=O)C1CCCC(NC(=NC)NCc2ccc(Cl)nc2)C1.I. The van der Waals surface area contributed by atoms with Crippen LogP contribution in [0, 0.1) is 0 Å². The van der Waals surface area contributed by atoms with E-state index in [0.717, 1.165) is 43.0 Å². The summed E-state index contributed by atoms with van der Waals surface area (Å²) in [5.74, 6) is 1.52. The van der Waals surface area contributed by atoms with Crippen LogP contribution in [0.15, 0.2) is 23.3 Å². The Morgan fingerprint density at radius 3 is 2.88 bits per heavy atom. The first kappa shape index (κ1) is 21.6. The normalized spacial score (nSPS) is 22.4. The highest BCUT2D eigenvalue weighted by atomic mass is 127. The molecule has 0 spiro atoms. The van der Waals surface area contributed by atoms with Gasteiger partial charge in [-0.15, -0.1) is 24.0 Å². The van der Waals surface area contributed by atoms with Crippen LogP contribution >= 0.6 is 35.6 Å². The zero-order chi connectivity index (χ0) is 16.7. The van der Waals surface area contributed by atoms with E-state index < -0.39 is 10.8 Å². The zero-order valence-electron chi connectivity index (χ0n) is 14.1. The van der Waals surface area contributed by atoms with E-state index in [4.69, 9.17) is 11.6 Å². The number of aromatic nitrogens is 1. The molecule has 1 fully saturated rings. The minimum atomic E-state index is -0.708. The van der Waals surface area contributed by atoms with Gasteiger partial charge >= 0.3 is 0 Å². The minimum Gasteiger partial charge on any atom is -0.354 e. The molecule has 1 saturated carbocycles. The van der Waals surface area contributed by atoms with Crippen LogP contribution in [0.3, 0.4) is 0 Å². The summed E-state index contributed by atoms with van der Waals surface area (Å²) in [6.07, 6.45) is 5.99. The van der Waals surface area contributed by atoms with Crippen LogP contribution in [0.1, 0.15) is 38.2 Å². The molecule has 1 aliphatic carbocycles. The molecule has 0 saturated heterocycles. The Labute approximate surface area is 168 Å². The van der Waals surface area contributed by atoms with Crippen LogP contribution in [0.2, 0.25) is 5.15 Å². The third-order valence-electron chi connectivity index (χ3n) is 4.10. The molecule has 3 unspecified atom stereocenters. The lowest BCUT2D eigenvalue weighted by molar-refractivity contribution is 0.413. The van der Waals surface area contributed by atoms with E-state index in [1.807, 2.05) is 13.0 Å². The second-order valence-electron chi connectivity index (χ2n) is 5.71. The molecule has 24 heavy (non-hydrogen) atoms. The van der Waals surface area contributed by atoms with Gasteiger partial charge in [0, 0.05) is 47.6 Å². The summed E-state index contributed by atoms with van der Waals surface area (Å²) in [4.78, 5) is 8.35. The Kier molecular flexibility index (Phi) is 10.1. The summed E-state index contributed by atoms with van der Waals surface area (Å²) in [6, 6.07) is 4.05. The maximum Gasteiger partial charge on any atom is 0.191 e. The third-order valence-corrected chi connectivity index (χ3v) is 6.06. The van der Waals surface area contributed by atoms with Gasteiger partial charge in [-0.3, -0.25) is 9.20 Å². The first-order chi connectivity index (χ1) is 11.1. The lowest BCUT2D eigenvalue weighted by Crippen LogP contribution is -2.46. The Bertz CT molecular complexity index is 556. The zero-order valence-corrected chi connectivity index (χ0v) is 18.0. The van der Waals surface area contributed by atoms with Crippen LogP contribution in [-0.4, -0.2) is 39.2 Å². The Balaban J connectivity index is 0.00000288. The van der Waals surface area contributed by atoms with Crippen molar-refractivity contribution >= 4 is 52.3 Å². The number of nitrogens with one attached hydrogen (secondary N) is 2. The highest BCUT2D eigenvalue weighted by Gasteiger charge is 2.25. The average molecular weight is 485 g/mol. The summed E-state index contributed by atoms with van der Waals surface area (Å²) in [7, 11) is 1.06. The molecule has 0 aromatic carbocycles. The van der Waals surface area contributed by atoms with Crippen LogP contribution in [0.5, 0.6) is 0 Å². The fourth-order valence-electron chi connectivity index (χ4n) is 2.84. The molecule has 136 valence electrons. The van der Waals surface area contributed by atoms with Crippen molar-refractivity contribution in [3.8, 4) is 0 Å². The van der Waals surface area contributed by atoms with E-state index >= 15 is 0 Å². The largest absolute Gasteiger partial charge is 0.354 e. The predicted molar refractivity (Wildman–Crippen MR) is 113 cm³/mol. The van der Waals surface area contributed by atoms with Crippen LogP contribution in [0.4, 0.5) is 0 Å². The number of pyridine rings is 1. The van der Waals surface area contributed by atoms with E-state index in [-0.39, 0.29) is 24.0 Å². The monoisotopic (exact) mass is 484 g/mol. The molecule has 2 rings (SSSR count). The standard InChI is InChI=1S/C16H25ClN4OS.HI/c1-3-23(22)14-6-4-5-13(9-14)21-16(18-2)20-11-12-7-8-15(17)19-10-12;/h7-8,10,13-14H,3-6,9,11H2,1-2H3,(H2,18,20,21);1H. The lowest BCUT2D eigenvalue weighted by atomic mass is 9.95. The number of hydrogen-bond donors (Lipinski definition) is 2. The van der Waals surface area contributed by atoms with Gasteiger partial charge in [-0.1, -0.05) is 31.0 Å². The molecule has 0 aliphatic heterocycles. The molecular weight excluding hydrogens is 459 g/mol. The number of nitrogens with zero attached hydrogens (tertiary/aromatic N) is 2. The molecule has 3 atom stereocenters. The quantitative estimate of drug-likeness (QED) is 0.292. The fourth-order valence-corrected chi connectivity index (χ4v) is 4.30. The molecule has 1 aromatic heterocycles. The molecule has 0 bridgehead atoms. The minimum absolute atomic E-state index is 0. The smallest absolute Gasteiger partial charge is 0.191 e. The maximum absolute atomic E-state index is 12.0. The van der Waals surface area contributed by atoms with Gasteiger partial charge in [-0.05, 0) is 30.9 Å². The molecule has 0 amide bonds. The van der Waals surface area contributed by atoms with Crippen molar-refractivity contribution in [1.82, 2.24) is 15.6 Å². The van der Waals surface area contributed by atoms with Crippen LogP contribution < -0.4 is 10.6 Å². The van der Waals surface area contributed by atoms with Gasteiger partial charge in [-0.25, -0.2) is 4.98 Å². The Morgan fingerprint density at radius 2 is 2.25 bits per heavy atom. The maximum atomic E-state index is 12.0. The first-order valence-corrected chi connectivity index (χ1v) is 9.83. The third kappa shape index (κ3) is 6.84. The number of hydrogen-bond acceptors (Lipinski definition) is 3. The van der Waals surface area contributed by atoms with Gasteiger partial charge in [0.1, 0.15) is 5.15 Å². The summed E-state index contributed by atoms with van der Waals surface area (Å²) >= 11 is 5.79. The van der Waals surface area contributed by atoms with E-state index in [1.165, 1.54) is 0 Å². The van der Waals surface area contributed by atoms with Gasteiger partial charge in [-0.2, -0.15) is 0 Å². The predicted octanol–water partition coefficient (Wildman–Crippen LogP) is 3.10. The van der Waals surface area contributed by atoms with Crippen molar-refractivity contribution in [2.24, 2.45) is 4.99 Å². The van der Waals surface area contributed by atoms with E-state index in [0.29, 0.717) is 23.0 Å². The second-order valence-corrected chi connectivity index (χ2v) is 8.11. The van der Waals surface area contributed by atoms with Crippen molar-refractivity contribution in [3.05, 3.63) is 29.0 Å². The van der Waals surface area contributed by atoms with Gasteiger partial charge in [0.15, 0.2) is 5.96 Å². The second kappa shape index (κ2) is 11.3. The van der Waals surface area contributed by atoms with Crippen molar-refractivity contribution in [2.75, 3.05) is 12.8 Å². The molecule has 2 N–H and O–H groups in total. The van der Waals surface area contributed by atoms with Crippen molar-refractivity contribution in [2.45, 2.75) is 50.4 Å². The van der Waals surface area contributed by atoms with Gasteiger partial charge in [0.05, 0.1) is 0 Å². The molecule has 1 aromatic rings. The summed E-state index contributed by atoms with van der Waals surface area (Å²) in [6.45, 7) is 2.63. The van der Waals surface area contributed by atoms with Crippen LogP contribution in [0.25, 0.3) is 0 Å². The van der Waals surface area contributed by atoms with Crippen LogP contribution in [-0.2, 0) is 17.3 Å². The van der Waals surface area contributed by atoms with E-state index in [9.17, 15) is 4.21 Å². The molecule has 1 heterocycles. The van der Waals surface area contributed by atoms with Gasteiger partial charge < -0.3 is 10.6 Å². The average Bonchev–Trinajstić information content (AvgIpc) is 2.59. The Hall–Kier alpha value is -0.410. The summed E-state index contributed by atoms with van der Waals surface area (Å²) in [5.41, 5.74) is 1.05. The van der Waals surface area contributed by atoms with E-state index in [2.05, 4.69) is 20.6 Å². The van der Waals surface area contributed by atoms with Crippen molar-refractivity contribution in [3.63, 3.8) is 0 Å². The molecule has 5 nitrogen and oxygen atoms in total. The molecule has 0 radical (unpaired) electrons. The Morgan fingerprint density at radius 1 is 1.46 bits per heavy atom. The fraction of sp³-hybridized carbons (Fsp3) is 0.625. The molecule has 1 aliphatic rings. The molecular formula is C16H26ClIN4OS. The van der Waals surface area contributed by atoms with Gasteiger partial charge in [0.25, 0.3) is 0 Å². The topological polar surface area (TPSA) is 66.4 Å². The number of halogens is 2. The number of guanidine groups is 1. The highest BCUT2D eigenvalue weighted by molar-refractivity contribution is 14.0. The lowest BCUT2D eigenvalue weighted by Gasteiger charge is -2.30. The van der Waals surface area contributed by atoms with E-state index in [1.54, 1.807) is 19.3 Å². The molecule has 8 heteroatoms. The first-order valence-electron chi connectivity index (χ1n) is 8.07. The highest BCUT2D eigenvalue weighted by Crippen LogP contribution is 2.22. The summed E-state index contributed by atoms with van der Waals surface area (Å²) < 4.78 is 12.0. The van der Waals surface area contributed by atoms with Gasteiger partial charge in [0.2, 0.25) is 0 Å². The number of aliphatic imine (C=N–C) groups is 1. The van der Waals surface area contributed by atoms with Crippen molar-refractivity contribution < 1.29 is 4.21 Å².